The molecule has 0 spiro atoms. The van der Waals surface area contributed by atoms with Gasteiger partial charge < -0.3 is 0 Å². The first-order chi connectivity index (χ1) is 9.74. The Morgan fingerprint density at radius 2 is 2.20 bits per heavy atom. The second-order valence-electron chi connectivity index (χ2n) is 5.38. The summed E-state index contributed by atoms with van der Waals surface area (Å²) < 4.78 is 0. The molecule has 1 atom stereocenters. The Hall–Kier alpha value is -1.60. The number of rotatable bonds is 3. The lowest BCUT2D eigenvalue weighted by atomic mass is 9.84. The Morgan fingerprint density at radius 3 is 2.95 bits per heavy atom. The summed E-state index contributed by atoms with van der Waals surface area (Å²) in [7, 11) is 0. The lowest BCUT2D eigenvalue weighted by Gasteiger charge is -2.25. The number of hydrogen-bond acceptors (Lipinski definition) is 1. The van der Waals surface area contributed by atoms with E-state index in [9.17, 15) is 0 Å². The molecule has 102 valence electrons. The maximum absolute atomic E-state index is 6.63. The number of halogens is 1. The van der Waals surface area contributed by atoms with Gasteiger partial charge in [0.25, 0.3) is 0 Å². The molecule has 3 rings (SSSR count). The smallest absolute Gasteiger partial charge is 0.0726 e. The van der Waals surface area contributed by atoms with Crippen LogP contribution in [0.3, 0.4) is 0 Å². The number of benzene rings is 1. The van der Waals surface area contributed by atoms with Gasteiger partial charge in [-0.3, -0.25) is 4.98 Å². The van der Waals surface area contributed by atoms with Gasteiger partial charge in [-0.05, 0) is 42.9 Å². The van der Waals surface area contributed by atoms with Crippen molar-refractivity contribution in [3.05, 3.63) is 59.3 Å². The van der Waals surface area contributed by atoms with Crippen LogP contribution in [0.15, 0.2) is 37.4 Å². The zero-order chi connectivity index (χ0) is 14.1. The zero-order valence-corrected chi connectivity index (χ0v) is 12.3. The summed E-state index contributed by atoms with van der Waals surface area (Å²) in [4.78, 5) is 4.91. The van der Waals surface area contributed by atoms with E-state index in [4.69, 9.17) is 16.6 Å². The highest BCUT2D eigenvalue weighted by Gasteiger charge is 2.24. The minimum absolute atomic E-state index is 0.463. The van der Waals surface area contributed by atoms with Crippen LogP contribution >= 0.6 is 11.6 Å². The van der Waals surface area contributed by atoms with Crippen LogP contribution in [0, 0.1) is 0 Å². The van der Waals surface area contributed by atoms with Crippen molar-refractivity contribution in [3.8, 4) is 0 Å². The SMILES string of the molecule is C=CCC1CCCc2c1nc1cc(C=C)ccc1c2Cl. The first-order valence-electron chi connectivity index (χ1n) is 7.10. The summed E-state index contributed by atoms with van der Waals surface area (Å²) >= 11 is 6.63. The summed E-state index contributed by atoms with van der Waals surface area (Å²) in [6.45, 7) is 7.68. The Bertz CT molecular complexity index is 687. The van der Waals surface area contributed by atoms with E-state index in [1.165, 1.54) is 24.1 Å². The van der Waals surface area contributed by atoms with E-state index in [1.54, 1.807) is 0 Å². The Balaban J connectivity index is 2.24. The van der Waals surface area contributed by atoms with Crippen molar-refractivity contribution < 1.29 is 0 Å². The third kappa shape index (κ3) is 2.16. The van der Waals surface area contributed by atoms with Crippen LogP contribution in [-0.4, -0.2) is 4.98 Å². The molecule has 0 N–H and O–H groups in total. The highest BCUT2D eigenvalue weighted by Crippen LogP contribution is 2.39. The number of nitrogens with zero attached hydrogens (tertiary/aromatic N) is 1. The lowest BCUT2D eigenvalue weighted by Crippen LogP contribution is -2.12. The highest BCUT2D eigenvalue weighted by atomic mass is 35.5. The van der Waals surface area contributed by atoms with Gasteiger partial charge in [0.2, 0.25) is 0 Å². The minimum atomic E-state index is 0.463. The maximum Gasteiger partial charge on any atom is 0.0726 e. The molecule has 0 amide bonds. The van der Waals surface area contributed by atoms with Gasteiger partial charge in [0.05, 0.1) is 10.5 Å². The van der Waals surface area contributed by atoms with Gasteiger partial charge >= 0.3 is 0 Å². The van der Waals surface area contributed by atoms with Crippen molar-refractivity contribution >= 4 is 28.6 Å². The van der Waals surface area contributed by atoms with Crippen molar-refractivity contribution in [1.82, 2.24) is 4.98 Å². The number of aromatic nitrogens is 1. The van der Waals surface area contributed by atoms with Crippen molar-refractivity contribution in [3.63, 3.8) is 0 Å². The molecule has 0 fully saturated rings. The second kappa shape index (κ2) is 5.41. The maximum atomic E-state index is 6.63. The molecule has 0 bridgehead atoms. The molecule has 0 saturated carbocycles. The van der Waals surface area contributed by atoms with Gasteiger partial charge in [0.1, 0.15) is 0 Å². The summed E-state index contributed by atoms with van der Waals surface area (Å²) in [6.07, 6.45) is 8.20. The van der Waals surface area contributed by atoms with Crippen molar-refractivity contribution in [1.29, 1.82) is 0 Å². The number of allylic oxidation sites excluding steroid dienone is 1. The standard InChI is InChI=1S/C18H18ClN/c1-3-6-13-7-5-8-15-17(19)14-10-9-12(4-2)11-16(14)20-18(13)15/h3-4,9-11,13H,1-2,5-8H2. The quantitative estimate of drug-likeness (QED) is 0.675. The number of fused-ring (bicyclic) bond motifs is 2. The summed E-state index contributed by atoms with van der Waals surface area (Å²) in [5.74, 6) is 0.463. The Morgan fingerprint density at radius 1 is 1.35 bits per heavy atom. The number of hydrogen-bond donors (Lipinski definition) is 0. The minimum Gasteiger partial charge on any atom is -0.252 e. The van der Waals surface area contributed by atoms with Crippen molar-refractivity contribution in [2.24, 2.45) is 0 Å². The molecule has 0 radical (unpaired) electrons. The van der Waals surface area contributed by atoms with Gasteiger partial charge in [-0.2, -0.15) is 0 Å². The van der Waals surface area contributed by atoms with Crippen molar-refractivity contribution in [2.75, 3.05) is 0 Å². The van der Waals surface area contributed by atoms with Crippen LogP contribution in [0.5, 0.6) is 0 Å². The molecule has 1 heterocycles. The fourth-order valence-electron chi connectivity index (χ4n) is 3.09. The van der Waals surface area contributed by atoms with Crippen LogP contribution in [0.2, 0.25) is 5.02 Å². The largest absolute Gasteiger partial charge is 0.252 e. The predicted molar refractivity (Wildman–Crippen MR) is 87.3 cm³/mol. The van der Waals surface area contributed by atoms with E-state index in [2.05, 4.69) is 25.3 Å². The topological polar surface area (TPSA) is 12.9 Å². The third-order valence-electron chi connectivity index (χ3n) is 4.13. The highest BCUT2D eigenvalue weighted by molar-refractivity contribution is 6.36. The fraction of sp³-hybridized carbons (Fsp3) is 0.278. The average Bonchev–Trinajstić information content (AvgIpc) is 2.48. The van der Waals surface area contributed by atoms with E-state index < -0.39 is 0 Å². The molecule has 1 aromatic heterocycles. The third-order valence-corrected chi connectivity index (χ3v) is 4.56. The molecular weight excluding hydrogens is 266 g/mol. The van der Waals surface area contributed by atoms with Gasteiger partial charge in [-0.1, -0.05) is 42.5 Å². The summed E-state index contributed by atoms with van der Waals surface area (Å²) in [5, 5.41) is 1.93. The molecule has 1 unspecified atom stereocenters. The summed E-state index contributed by atoms with van der Waals surface area (Å²) in [5.41, 5.74) is 4.47. The first-order valence-corrected chi connectivity index (χ1v) is 7.47. The first kappa shape index (κ1) is 13.4. The van der Waals surface area contributed by atoms with Crippen LogP contribution in [0.25, 0.3) is 17.0 Å². The van der Waals surface area contributed by atoms with Gasteiger partial charge in [0.15, 0.2) is 0 Å². The lowest BCUT2D eigenvalue weighted by molar-refractivity contribution is 0.545. The van der Waals surface area contributed by atoms with E-state index in [0.29, 0.717) is 5.92 Å². The van der Waals surface area contributed by atoms with Gasteiger partial charge in [-0.15, -0.1) is 6.58 Å². The number of pyridine rings is 1. The molecule has 1 nitrogen and oxygen atoms in total. The monoisotopic (exact) mass is 283 g/mol. The van der Waals surface area contributed by atoms with E-state index >= 15 is 0 Å². The van der Waals surface area contributed by atoms with Gasteiger partial charge in [0, 0.05) is 17.0 Å². The van der Waals surface area contributed by atoms with Crippen LogP contribution in [0.4, 0.5) is 0 Å². The second-order valence-corrected chi connectivity index (χ2v) is 5.76. The normalized spacial score (nSPS) is 17.8. The van der Waals surface area contributed by atoms with Crippen LogP contribution in [-0.2, 0) is 6.42 Å². The van der Waals surface area contributed by atoms with Crippen LogP contribution < -0.4 is 0 Å². The average molecular weight is 284 g/mol. The van der Waals surface area contributed by atoms with E-state index in [0.717, 1.165) is 34.3 Å². The molecule has 1 aliphatic rings. The molecule has 2 aromatic rings. The predicted octanol–water partition coefficient (Wildman–Crippen LogP) is 5.53. The summed E-state index contributed by atoms with van der Waals surface area (Å²) in [6, 6.07) is 6.16. The van der Waals surface area contributed by atoms with Crippen molar-refractivity contribution in [2.45, 2.75) is 31.6 Å². The fourth-order valence-corrected chi connectivity index (χ4v) is 3.45. The zero-order valence-electron chi connectivity index (χ0n) is 11.5. The molecule has 20 heavy (non-hydrogen) atoms. The van der Waals surface area contributed by atoms with Gasteiger partial charge in [-0.25, -0.2) is 0 Å². The Kier molecular flexibility index (Phi) is 3.62. The Labute approximate surface area is 125 Å². The molecule has 1 aliphatic carbocycles. The molecule has 0 aliphatic heterocycles. The molecule has 0 saturated heterocycles. The van der Waals surface area contributed by atoms with E-state index in [1.807, 2.05) is 18.2 Å². The molecular formula is C18H18ClN. The van der Waals surface area contributed by atoms with E-state index in [-0.39, 0.29) is 0 Å². The molecule has 1 aromatic carbocycles. The van der Waals surface area contributed by atoms with Crippen LogP contribution in [0.1, 0.15) is 42.0 Å². The molecule has 2 heteroatoms.